The summed E-state index contributed by atoms with van der Waals surface area (Å²) in [5.74, 6) is 1.56. The monoisotopic (exact) mass is 857 g/mol. The molecule has 8 fully saturated rings. The number of amides is 5. The van der Waals surface area contributed by atoms with Gasteiger partial charge in [-0.2, -0.15) is 0 Å². The third kappa shape index (κ3) is 11.4. The number of likely N-dealkylation sites (tertiary alicyclic amines) is 5. The molecule has 0 aromatic heterocycles. The third-order valence-electron chi connectivity index (χ3n) is 15.0. The van der Waals surface area contributed by atoms with Crippen LogP contribution in [0.15, 0.2) is 0 Å². The number of rotatable bonds is 6. The molecule has 0 bridgehead atoms. The van der Waals surface area contributed by atoms with Crippen molar-refractivity contribution in [3.8, 4) is 0 Å². The Bertz CT molecular complexity index is 1350. The Kier molecular flexibility index (Phi) is 17.4. The molecule has 0 aromatic carbocycles. The van der Waals surface area contributed by atoms with Crippen molar-refractivity contribution in [3.63, 3.8) is 0 Å². The number of ether oxygens (including phenoxy) is 2. The lowest BCUT2D eigenvalue weighted by atomic mass is 9.64. The van der Waals surface area contributed by atoms with Crippen LogP contribution in [0.2, 0.25) is 0 Å². The summed E-state index contributed by atoms with van der Waals surface area (Å²) in [5, 5.41) is 8.14. The van der Waals surface area contributed by atoms with Gasteiger partial charge in [0, 0.05) is 71.0 Å². The number of hydrogen-bond donors (Lipinski definition) is 3. The van der Waals surface area contributed by atoms with Crippen molar-refractivity contribution in [2.75, 3.05) is 92.8 Å². The van der Waals surface area contributed by atoms with E-state index in [0.29, 0.717) is 42.0 Å². The topological polar surface area (TPSA) is 139 Å². The molecule has 2 unspecified atom stereocenters. The molecule has 5 amide bonds. The summed E-state index contributed by atoms with van der Waals surface area (Å²) in [6.45, 7) is 15.2. The average Bonchev–Trinajstić information content (AvgIpc) is 4.04. The van der Waals surface area contributed by atoms with Crippen LogP contribution in [0.3, 0.4) is 0 Å². The first-order valence-corrected chi connectivity index (χ1v) is 22.8. The predicted molar refractivity (Wildman–Crippen MR) is 229 cm³/mol. The Balaban J connectivity index is 0.000000197. The van der Waals surface area contributed by atoms with E-state index in [1.54, 1.807) is 7.05 Å². The molecule has 8 aliphatic rings. The van der Waals surface area contributed by atoms with Crippen molar-refractivity contribution < 1.29 is 28.7 Å². The van der Waals surface area contributed by atoms with Crippen LogP contribution < -0.4 is 16.0 Å². The van der Waals surface area contributed by atoms with E-state index in [-0.39, 0.29) is 30.6 Å². The Hall–Kier alpha value is -2.26. The van der Waals surface area contributed by atoms with Crippen LogP contribution in [-0.4, -0.2) is 165 Å². The van der Waals surface area contributed by atoms with Gasteiger partial charge < -0.3 is 49.9 Å². The van der Waals surface area contributed by atoms with Gasteiger partial charge in [-0.05, 0) is 171 Å². The quantitative estimate of drug-likeness (QED) is 0.218. The molecule has 2 saturated carbocycles. The normalized spacial score (nSPS) is 32.6. The summed E-state index contributed by atoms with van der Waals surface area (Å²) in [7, 11) is 3.20. The first-order valence-electron chi connectivity index (χ1n) is 22.4. The number of halogens is 2. The van der Waals surface area contributed by atoms with Crippen LogP contribution >= 0.6 is 24.0 Å². The van der Waals surface area contributed by atoms with E-state index in [4.69, 9.17) is 21.1 Å². The van der Waals surface area contributed by atoms with E-state index in [1.165, 1.54) is 97.3 Å². The fraction of sp³-hybridized carbons (Fsp3) is 0.905. The molecule has 6 aliphatic heterocycles. The minimum absolute atomic E-state index is 0. The molecule has 14 nitrogen and oxygen atoms in total. The number of nitrogens with zero attached hydrogens (tertiary/aromatic N) is 5. The SMILES string of the molecule is CCOC(=O)N1CCC2(CC(N3CCC(C4CCCN4)CC3)C2)C1.CCOC(=O)N1CCC2(CC(N3CCC(C4CCCN4C(=O)NC)CC3)C2)C1.CNC(=O)Cl.Cl. The molecule has 2 spiro atoms. The standard InChI is InChI=1S/C21H36N4O3.C19H33N3O2.C2H4ClNO.ClH/c1-3-28-20(27)24-12-8-21(15-24)13-17(14-21)23-10-6-16(7-11-23)18-5-4-9-25(18)19(26)22-2;1-2-24-18(23)22-11-7-19(14-22)12-16(13-19)21-9-5-15(6-10-21)17-4-3-8-20-17;1-4-2(3)5;/h16-18H,3-15H2,1-2H3,(H,22,26);15-17,20H,2-14H2,1H3;1H3,(H,4,5);1H. The molecule has 6 heterocycles. The van der Waals surface area contributed by atoms with Crippen molar-refractivity contribution in [3.05, 3.63) is 0 Å². The fourth-order valence-electron chi connectivity index (χ4n) is 11.8. The lowest BCUT2D eigenvalue weighted by Crippen LogP contribution is -2.55. The molecule has 58 heavy (non-hydrogen) atoms. The Labute approximate surface area is 358 Å². The lowest BCUT2D eigenvalue weighted by molar-refractivity contribution is -0.0144. The molecular weight excluding hydrogens is 783 g/mol. The number of carbonyl (C=O) groups is 4. The van der Waals surface area contributed by atoms with Gasteiger partial charge in [-0.25, -0.2) is 14.4 Å². The Morgan fingerprint density at radius 1 is 0.672 bits per heavy atom. The van der Waals surface area contributed by atoms with Gasteiger partial charge in [0.25, 0.3) is 0 Å². The van der Waals surface area contributed by atoms with E-state index in [1.807, 2.05) is 23.6 Å². The van der Waals surface area contributed by atoms with E-state index >= 15 is 0 Å². The first kappa shape index (κ1) is 46.8. The minimum Gasteiger partial charge on any atom is -0.450 e. The van der Waals surface area contributed by atoms with Crippen LogP contribution in [0.5, 0.6) is 0 Å². The maximum atomic E-state index is 12.1. The summed E-state index contributed by atoms with van der Waals surface area (Å²) in [6, 6.07) is 2.78. The minimum atomic E-state index is -0.523. The summed E-state index contributed by atoms with van der Waals surface area (Å²) in [6.07, 6.45) is 17.3. The van der Waals surface area contributed by atoms with Crippen molar-refractivity contribution in [1.82, 2.24) is 40.4 Å². The van der Waals surface area contributed by atoms with Crippen LogP contribution in [0, 0.1) is 22.7 Å². The van der Waals surface area contributed by atoms with Gasteiger partial charge in [-0.1, -0.05) is 0 Å². The molecule has 0 aromatic rings. The van der Waals surface area contributed by atoms with Gasteiger partial charge in [-0.3, -0.25) is 4.79 Å². The number of piperidine rings is 2. The summed E-state index contributed by atoms with van der Waals surface area (Å²) in [4.78, 5) is 56.8. The van der Waals surface area contributed by atoms with E-state index in [0.717, 1.165) is 83.1 Å². The second kappa shape index (κ2) is 21.5. The van der Waals surface area contributed by atoms with Gasteiger partial charge in [0.1, 0.15) is 0 Å². The van der Waals surface area contributed by atoms with Crippen molar-refractivity contribution in [2.24, 2.45) is 22.7 Å². The van der Waals surface area contributed by atoms with Crippen molar-refractivity contribution >= 4 is 47.6 Å². The number of nitrogens with one attached hydrogen (secondary N) is 3. The highest BCUT2D eigenvalue weighted by Crippen LogP contribution is 2.52. The molecular formula is C42H74Cl2N8O6. The smallest absolute Gasteiger partial charge is 0.409 e. The maximum absolute atomic E-state index is 12.1. The van der Waals surface area contributed by atoms with Crippen molar-refractivity contribution in [1.29, 1.82) is 0 Å². The number of carbonyl (C=O) groups excluding carboxylic acids is 4. The average molecular weight is 858 g/mol. The van der Waals surface area contributed by atoms with Crippen LogP contribution in [0.1, 0.15) is 104 Å². The fourth-order valence-corrected chi connectivity index (χ4v) is 11.8. The van der Waals surface area contributed by atoms with E-state index in [2.05, 4.69) is 30.7 Å². The third-order valence-corrected chi connectivity index (χ3v) is 15.2. The predicted octanol–water partition coefficient (Wildman–Crippen LogP) is 5.96. The number of hydrogen-bond acceptors (Lipinski definition) is 9. The van der Waals surface area contributed by atoms with E-state index in [9.17, 15) is 19.2 Å². The summed E-state index contributed by atoms with van der Waals surface area (Å²) < 4.78 is 10.3. The van der Waals surface area contributed by atoms with E-state index < -0.39 is 5.37 Å². The first-order chi connectivity index (χ1) is 27.5. The Morgan fingerprint density at radius 3 is 1.57 bits per heavy atom. The highest BCUT2D eigenvalue weighted by molar-refractivity contribution is 6.62. The summed E-state index contributed by atoms with van der Waals surface area (Å²) in [5.41, 5.74) is 0.747. The van der Waals surface area contributed by atoms with Crippen LogP contribution in [-0.2, 0) is 9.47 Å². The van der Waals surface area contributed by atoms with Gasteiger partial charge in [0.2, 0.25) is 0 Å². The maximum Gasteiger partial charge on any atom is 0.409 e. The highest BCUT2D eigenvalue weighted by Gasteiger charge is 2.53. The molecule has 332 valence electrons. The number of urea groups is 1. The lowest BCUT2D eigenvalue weighted by Gasteiger charge is -2.52. The molecule has 8 rings (SSSR count). The second-order valence-electron chi connectivity index (χ2n) is 18.3. The molecule has 3 N–H and O–H groups in total. The van der Waals surface area contributed by atoms with Gasteiger partial charge in [0.15, 0.2) is 0 Å². The Morgan fingerprint density at radius 2 is 1.16 bits per heavy atom. The van der Waals surface area contributed by atoms with Crippen LogP contribution in [0.4, 0.5) is 19.2 Å². The largest absolute Gasteiger partial charge is 0.450 e. The zero-order valence-electron chi connectivity index (χ0n) is 35.8. The van der Waals surface area contributed by atoms with Crippen molar-refractivity contribution in [2.45, 2.75) is 128 Å². The van der Waals surface area contributed by atoms with Gasteiger partial charge >= 0.3 is 23.6 Å². The van der Waals surface area contributed by atoms with Gasteiger partial charge in [-0.15, -0.1) is 12.4 Å². The second-order valence-corrected chi connectivity index (χ2v) is 18.6. The molecule has 2 atom stereocenters. The summed E-state index contributed by atoms with van der Waals surface area (Å²) >= 11 is 4.71. The molecule has 2 aliphatic carbocycles. The highest BCUT2D eigenvalue weighted by atomic mass is 35.5. The molecule has 0 radical (unpaired) electrons. The molecule has 6 saturated heterocycles. The molecule has 16 heteroatoms. The zero-order valence-corrected chi connectivity index (χ0v) is 37.4. The van der Waals surface area contributed by atoms with Gasteiger partial charge in [0.05, 0.1) is 13.2 Å². The van der Waals surface area contributed by atoms with Crippen LogP contribution in [0.25, 0.3) is 0 Å². The zero-order chi connectivity index (χ0) is 40.6.